The average molecular weight is 406 g/mol. The molecule has 0 fully saturated rings. The van der Waals surface area contributed by atoms with Crippen LogP contribution in [0.2, 0.25) is 0 Å². The summed E-state index contributed by atoms with van der Waals surface area (Å²) in [4.78, 5) is 27.4. The fourth-order valence-electron chi connectivity index (χ4n) is 3.77. The topological polar surface area (TPSA) is 62.6 Å². The third kappa shape index (κ3) is 3.61. The highest BCUT2D eigenvalue weighted by atomic mass is 19.1. The molecule has 2 aromatic carbocycles. The number of fused-ring (bicyclic) bond motifs is 1. The molecule has 5 nitrogen and oxygen atoms in total. The fourth-order valence-corrected chi connectivity index (χ4v) is 3.77. The molecule has 0 spiro atoms. The van der Waals surface area contributed by atoms with Gasteiger partial charge in [-0.3, -0.25) is 9.59 Å². The summed E-state index contributed by atoms with van der Waals surface area (Å²) in [5, 5.41) is 2.84. The monoisotopic (exact) mass is 406 g/mol. The van der Waals surface area contributed by atoms with Gasteiger partial charge in [0.25, 0.3) is 5.91 Å². The molecule has 0 saturated carbocycles. The molecule has 1 aromatic heterocycles. The zero-order valence-corrected chi connectivity index (χ0v) is 17.2. The fraction of sp³-hybridized carbons (Fsp3) is 0.250. The Balaban J connectivity index is 1.59. The summed E-state index contributed by atoms with van der Waals surface area (Å²) in [5.74, 6) is 0.847. The maximum absolute atomic E-state index is 13.2. The van der Waals surface area contributed by atoms with E-state index in [0.29, 0.717) is 23.6 Å². The number of furan rings is 1. The SMILES string of the molecule is Cc1ccc(CNC(=O)c2ccc3c(c2)N(Cc2ccc(F)cc2)C(=O)C3(C)C)o1. The van der Waals surface area contributed by atoms with Crippen LogP contribution >= 0.6 is 0 Å². The Morgan fingerprint density at radius 1 is 1.10 bits per heavy atom. The van der Waals surface area contributed by atoms with Crippen molar-refractivity contribution >= 4 is 17.5 Å². The van der Waals surface area contributed by atoms with Crippen LogP contribution in [0.1, 0.15) is 46.9 Å². The van der Waals surface area contributed by atoms with Crippen molar-refractivity contribution in [1.29, 1.82) is 0 Å². The number of hydrogen-bond acceptors (Lipinski definition) is 3. The van der Waals surface area contributed by atoms with E-state index >= 15 is 0 Å². The number of anilines is 1. The van der Waals surface area contributed by atoms with E-state index in [1.165, 1.54) is 12.1 Å². The molecule has 30 heavy (non-hydrogen) atoms. The number of carbonyl (C=O) groups excluding carboxylic acids is 2. The van der Waals surface area contributed by atoms with Gasteiger partial charge in [0, 0.05) is 11.3 Å². The smallest absolute Gasteiger partial charge is 0.251 e. The van der Waals surface area contributed by atoms with Crippen LogP contribution < -0.4 is 10.2 Å². The second-order valence-corrected chi connectivity index (χ2v) is 8.07. The van der Waals surface area contributed by atoms with Gasteiger partial charge in [-0.15, -0.1) is 0 Å². The van der Waals surface area contributed by atoms with Crippen molar-refractivity contribution in [3.8, 4) is 0 Å². The first-order valence-electron chi connectivity index (χ1n) is 9.80. The standard InChI is InChI=1S/C24H23FN2O3/c1-15-4-10-19(30-15)13-26-22(28)17-7-11-20-21(12-17)27(23(29)24(20,2)3)14-16-5-8-18(25)9-6-16/h4-12H,13-14H2,1-3H3,(H,26,28). The van der Waals surface area contributed by atoms with E-state index in [2.05, 4.69) is 5.32 Å². The Kier molecular flexibility index (Phi) is 4.94. The van der Waals surface area contributed by atoms with Gasteiger partial charge in [-0.05, 0) is 68.3 Å². The van der Waals surface area contributed by atoms with Crippen molar-refractivity contribution in [2.45, 2.75) is 39.3 Å². The average Bonchev–Trinajstić information content (AvgIpc) is 3.22. The molecular formula is C24H23FN2O3. The Morgan fingerprint density at radius 3 is 2.50 bits per heavy atom. The molecule has 0 aliphatic carbocycles. The molecular weight excluding hydrogens is 383 g/mol. The molecule has 1 aliphatic heterocycles. The number of nitrogens with one attached hydrogen (secondary N) is 1. The van der Waals surface area contributed by atoms with E-state index in [-0.39, 0.29) is 24.2 Å². The Bertz CT molecular complexity index is 1120. The summed E-state index contributed by atoms with van der Waals surface area (Å²) < 4.78 is 18.7. The highest BCUT2D eigenvalue weighted by Gasteiger charge is 2.44. The van der Waals surface area contributed by atoms with Crippen molar-refractivity contribution in [2.75, 3.05) is 4.90 Å². The molecule has 3 aromatic rings. The Hall–Kier alpha value is -3.41. The number of rotatable bonds is 5. The van der Waals surface area contributed by atoms with Crippen LogP contribution in [0.4, 0.5) is 10.1 Å². The van der Waals surface area contributed by atoms with Crippen molar-refractivity contribution < 1.29 is 18.4 Å². The Morgan fingerprint density at radius 2 is 1.83 bits per heavy atom. The number of halogens is 1. The lowest BCUT2D eigenvalue weighted by Gasteiger charge is -2.20. The van der Waals surface area contributed by atoms with Gasteiger partial charge in [-0.1, -0.05) is 18.2 Å². The minimum atomic E-state index is -0.698. The van der Waals surface area contributed by atoms with Crippen LogP contribution in [0.25, 0.3) is 0 Å². The quantitative estimate of drug-likeness (QED) is 0.680. The van der Waals surface area contributed by atoms with Crippen LogP contribution in [-0.4, -0.2) is 11.8 Å². The number of nitrogens with zero attached hydrogens (tertiary/aromatic N) is 1. The second-order valence-electron chi connectivity index (χ2n) is 8.07. The number of amides is 2. The van der Waals surface area contributed by atoms with Gasteiger partial charge >= 0.3 is 0 Å². The molecule has 0 unspecified atom stereocenters. The largest absolute Gasteiger partial charge is 0.465 e. The predicted molar refractivity (Wildman–Crippen MR) is 112 cm³/mol. The zero-order chi connectivity index (χ0) is 21.5. The maximum Gasteiger partial charge on any atom is 0.251 e. The maximum atomic E-state index is 13.2. The molecule has 0 bridgehead atoms. The van der Waals surface area contributed by atoms with Gasteiger partial charge < -0.3 is 14.6 Å². The summed E-state index contributed by atoms with van der Waals surface area (Å²) in [7, 11) is 0. The number of aryl methyl sites for hydroxylation is 1. The summed E-state index contributed by atoms with van der Waals surface area (Å²) in [6.45, 7) is 6.19. The molecule has 154 valence electrons. The van der Waals surface area contributed by atoms with Crippen molar-refractivity contribution in [2.24, 2.45) is 0 Å². The highest BCUT2D eigenvalue weighted by molar-refractivity contribution is 6.08. The molecule has 0 saturated heterocycles. The molecule has 0 radical (unpaired) electrons. The van der Waals surface area contributed by atoms with Gasteiger partial charge in [0.1, 0.15) is 17.3 Å². The van der Waals surface area contributed by atoms with E-state index in [1.54, 1.807) is 29.2 Å². The third-order valence-electron chi connectivity index (χ3n) is 5.48. The zero-order valence-electron chi connectivity index (χ0n) is 17.2. The van der Waals surface area contributed by atoms with Crippen molar-refractivity contribution in [3.63, 3.8) is 0 Å². The summed E-state index contributed by atoms with van der Waals surface area (Å²) in [6.07, 6.45) is 0. The lowest BCUT2D eigenvalue weighted by molar-refractivity contribution is -0.122. The van der Waals surface area contributed by atoms with Gasteiger partial charge in [0.15, 0.2) is 0 Å². The van der Waals surface area contributed by atoms with E-state index in [4.69, 9.17) is 4.42 Å². The molecule has 0 atom stereocenters. The minimum Gasteiger partial charge on any atom is -0.465 e. The summed E-state index contributed by atoms with van der Waals surface area (Å²) in [6, 6.07) is 15.1. The second kappa shape index (κ2) is 7.44. The van der Waals surface area contributed by atoms with Crippen LogP contribution in [0.15, 0.2) is 59.0 Å². The molecule has 1 aliphatic rings. The van der Waals surface area contributed by atoms with Crippen LogP contribution in [0.3, 0.4) is 0 Å². The lowest BCUT2D eigenvalue weighted by atomic mass is 9.86. The van der Waals surface area contributed by atoms with E-state index in [9.17, 15) is 14.0 Å². The molecule has 1 N–H and O–H groups in total. The first-order valence-corrected chi connectivity index (χ1v) is 9.80. The molecule has 4 rings (SSSR count). The van der Waals surface area contributed by atoms with E-state index in [0.717, 1.165) is 16.9 Å². The van der Waals surface area contributed by atoms with Gasteiger partial charge in [-0.2, -0.15) is 0 Å². The van der Waals surface area contributed by atoms with E-state index in [1.807, 2.05) is 39.0 Å². The van der Waals surface area contributed by atoms with Crippen molar-refractivity contribution in [1.82, 2.24) is 5.32 Å². The van der Waals surface area contributed by atoms with Gasteiger partial charge in [0.2, 0.25) is 5.91 Å². The van der Waals surface area contributed by atoms with Crippen LogP contribution in [0, 0.1) is 12.7 Å². The van der Waals surface area contributed by atoms with Crippen LogP contribution in [0.5, 0.6) is 0 Å². The Labute approximate surface area is 174 Å². The number of benzene rings is 2. The van der Waals surface area contributed by atoms with Gasteiger partial charge in [0.05, 0.1) is 18.5 Å². The summed E-state index contributed by atoms with van der Waals surface area (Å²) in [5.41, 5.74) is 2.16. The molecule has 2 heterocycles. The third-order valence-corrected chi connectivity index (χ3v) is 5.48. The molecule has 6 heteroatoms. The minimum absolute atomic E-state index is 0.0505. The number of hydrogen-bond donors (Lipinski definition) is 1. The highest BCUT2D eigenvalue weighted by Crippen LogP contribution is 2.42. The summed E-state index contributed by atoms with van der Waals surface area (Å²) >= 11 is 0. The van der Waals surface area contributed by atoms with E-state index < -0.39 is 5.41 Å². The first-order chi connectivity index (χ1) is 14.3. The first kappa shape index (κ1) is 19.9. The van der Waals surface area contributed by atoms with Gasteiger partial charge in [-0.25, -0.2) is 4.39 Å². The number of carbonyl (C=O) groups is 2. The predicted octanol–water partition coefficient (Wildman–Crippen LogP) is 4.48. The lowest BCUT2D eigenvalue weighted by Crippen LogP contribution is -2.35. The van der Waals surface area contributed by atoms with Crippen molar-refractivity contribution in [3.05, 3.63) is 88.6 Å². The molecule has 2 amide bonds. The van der Waals surface area contributed by atoms with Crippen LogP contribution in [-0.2, 0) is 23.3 Å². The normalized spacial score (nSPS) is 14.7.